The lowest BCUT2D eigenvalue weighted by molar-refractivity contribution is -0.137. The zero-order valence-electron chi connectivity index (χ0n) is 22.2. The molecule has 0 saturated heterocycles. The van der Waals surface area contributed by atoms with Gasteiger partial charge in [-0.2, -0.15) is 13.2 Å². The van der Waals surface area contributed by atoms with E-state index in [1.165, 1.54) is 47.0 Å². The molecule has 5 aromatic rings. The van der Waals surface area contributed by atoms with Crippen LogP contribution in [-0.4, -0.2) is 28.5 Å². The lowest BCUT2D eigenvalue weighted by Crippen LogP contribution is -2.28. The molecule has 1 aliphatic rings. The number of benzene rings is 3. The van der Waals surface area contributed by atoms with Gasteiger partial charge in [-0.05, 0) is 71.0 Å². The first-order valence-electron chi connectivity index (χ1n) is 13.3. The van der Waals surface area contributed by atoms with E-state index in [0.717, 1.165) is 18.1 Å². The van der Waals surface area contributed by atoms with E-state index in [1.807, 2.05) is 18.2 Å². The molecule has 0 aliphatic carbocycles. The Morgan fingerprint density at radius 1 is 1.05 bits per heavy atom. The number of rotatable bonds is 6. The van der Waals surface area contributed by atoms with Gasteiger partial charge in [-0.25, -0.2) is 0 Å². The second-order valence-electron chi connectivity index (χ2n) is 9.93. The van der Waals surface area contributed by atoms with E-state index in [2.05, 4.69) is 21.8 Å². The summed E-state index contributed by atoms with van der Waals surface area (Å²) in [6, 6.07) is 18.6. The number of halogens is 3. The number of thioether (sulfide) groups is 1. The predicted molar refractivity (Wildman–Crippen MR) is 161 cm³/mol. The summed E-state index contributed by atoms with van der Waals surface area (Å²) < 4.78 is 44.8. The fourth-order valence-electron chi connectivity index (χ4n) is 5.23. The van der Waals surface area contributed by atoms with Gasteiger partial charge < -0.3 is 11.1 Å². The highest BCUT2D eigenvalue weighted by Crippen LogP contribution is 2.41. The number of pyridine rings is 2. The summed E-state index contributed by atoms with van der Waals surface area (Å²) >= 11 is 1.70. The Kier molecular flexibility index (Phi) is 7.34. The summed E-state index contributed by atoms with van der Waals surface area (Å²) in [5.74, 6) is -0.360. The molecule has 0 fully saturated rings. The average Bonchev–Trinajstić information content (AvgIpc) is 3.54. The molecule has 0 spiro atoms. The molecule has 1 unspecified atom stereocenters. The van der Waals surface area contributed by atoms with E-state index in [-0.39, 0.29) is 41.1 Å². The third-order valence-corrected chi connectivity index (χ3v) is 8.40. The number of nitrogens with one attached hydrogen (secondary N) is 1. The second kappa shape index (κ2) is 11.1. The van der Waals surface area contributed by atoms with Crippen LogP contribution in [0.25, 0.3) is 38.6 Å². The van der Waals surface area contributed by atoms with E-state index < -0.39 is 17.3 Å². The number of aromatic nitrogens is 2. The summed E-state index contributed by atoms with van der Waals surface area (Å²) in [6.45, 7) is 0.562. The van der Waals surface area contributed by atoms with Gasteiger partial charge >= 0.3 is 6.18 Å². The number of nitrogens with two attached hydrogens (primary N) is 1. The second-order valence-corrected chi connectivity index (χ2v) is 11.0. The Labute approximate surface area is 243 Å². The van der Waals surface area contributed by atoms with Crippen LogP contribution in [0.2, 0.25) is 0 Å². The zero-order chi connectivity index (χ0) is 29.4. The fraction of sp³-hybridized carbons (Fsp3) is 0.156. The quantitative estimate of drug-likeness (QED) is 0.219. The summed E-state index contributed by atoms with van der Waals surface area (Å²) in [5, 5.41) is 6.24. The first kappa shape index (κ1) is 27.7. The third kappa shape index (κ3) is 5.19. The van der Waals surface area contributed by atoms with Crippen molar-refractivity contribution in [2.75, 3.05) is 13.1 Å². The molecule has 212 valence electrons. The van der Waals surface area contributed by atoms with Crippen molar-refractivity contribution in [1.82, 2.24) is 14.9 Å². The predicted octanol–water partition coefficient (Wildman–Crippen LogP) is 6.60. The largest absolute Gasteiger partial charge is 0.417 e. The van der Waals surface area contributed by atoms with Crippen LogP contribution in [0.3, 0.4) is 0 Å². The monoisotopic (exact) mass is 586 g/mol. The van der Waals surface area contributed by atoms with E-state index in [1.54, 1.807) is 24.0 Å². The number of hydrogen-bond acceptors (Lipinski definition) is 5. The number of fused-ring (bicyclic) bond motifs is 3. The van der Waals surface area contributed by atoms with Crippen LogP contribution in [0, 0.1) is 0 Å². The van der Waals surface area contributed by atoms with Crippen LogP contribution >= 0.6 is 11.8 Å². The van der Waals surface area contributed by atoms with Crippen molar-refractivity contribution in [2.24, 2.45) is 5.73 Å². The Morgan fingerprint density at radius 3 is 2.57 bits per heavy atom. The van der Waals surface area contributed by atoms with Crippen LogP contribution in [0.5, 0.6) is 0 Å². The molecule has 42 heavy (non-hydrogen) atoms. The lowest BCUT2D eigenvalue weighted by atomic mass is 9.97. The summed E-state index contributed by atoms with van der Waals surface area (Å²) in [7, 11) is 0. The highest BCUT2D eigenvalue weighted by Gasteiger charge is 2.34. The van der Waals surface area contributed by atoms with E-state index in [4.69, 9.17) is 5.73 Å². The fourth-order valence-corrected chi connectivity index (χ4v) is 6.17. The van der Waals surface area contributed by atoms with Crippen molar-refractivity contribution >= 4 is 39.5 Å². The van der Waals surface area contributed by atoms with Crippen molar-refractivity contribution in [3.05, 3.63) is 118 Å². The van der Waals surface area contributed by atoms with Gasteiger partial charge in [0.2, 0.25) is 0 Å². The first-order chi connectivity index (χ1) is 20.2. The van der Waals surface area contributed by atoms with Crippen molar-refractivity contribution in [3.8, 4) is 16.8 Å². The summed E-state index contributed by atoms with van der Waals surface area (Å²) in [5.41, 5.74) is 6.90. The molecule has 0 bridgehead atoms. The Hall–Kier alpha value is -4.41. The van der Waals surface area contributed by atoms with Gasteiger partial charge in [-0.15, -0.1) is 11.8 Å². The maximum atomic E-state index is 14.5. The molecule has 3 aromatic carbocycles. The van der Waals surface area contributed by atoms with E-state index in [9.17, 15) is 22.8 Å². The van der Waals surface area contributed by atoms with Crippen LogP contribution in [-0.2, 0) is 6.18 Å². The maximum Gasteiger partial charge on any atom is 0.417 e. The lowest BCUT2D eigenvalue weighted by Gasteiger charge is -2.18. The number of hydrogen-bond donors (Lipinski definition) is 2. The minimum absolute atomic E-state index is 0.0620. The van der Waals surface area contributed by atoms with Crippen molar-refractivity contribution in [1.29, 1.82) is 0 Å². The standard InChI is InChI=1S/C32H25F3N4O2S/c33-32(34,35)26-17-23(9-10-24(26)19-3-5-20(6-4-19)31(41)37-14-13-36)39-29(40)12-8-22-18-38-27-11-7-21(16-25(27)30(22)39)28-2-1-15-42-28/h1,3-12,15-18,28H,2,13-14,36H2,(H,37,41). The molecule has 3 N–H and O–H groups in total. The Balaban J connectivity index is 1.50. The molecule has 1 atom stereocenters. The normalized spacial score (nSPS) is 15.0. The topological polar surface area (TPSA) is 90.0 Å². The Morgan fingerprint density at radius 2 is 1.86 bits per heavy atom. The number of carbonyl (C=O) groups is 1. The number of allylic oxidation sites excluding steroid dienone is 1. The van der Waals surface area contributed by atoms with Gasteiger partial charge in [0.05, 0.1) is 16.6 Å². The van der Waals surface area contributed by atoms with Crippen molar-refractivity contribution in [2.45, 2.75) is 17.8 Å². The van der Waals surface area contributed by atoms with E-state index in [0.29, 0.717) is 27.4 Å². The van der Waals surface area contributed by atoms with Crippen LogP contribution in [0.1, 0.15) is 33.2 Å². The van der Waals surface area contributed by atoms with Gasteiger partial charge in [-0.3, -0.25) is 19.1 Å². The highest BCUT2D eigenvalue weighted by atomic mass is 32.2. The average molecular weight is 587 g/mol. The highest BCUT2D eigenvalue weighted by molar-refractivity contribution is 8.02. The third-order valence-electron chi connectivity index (χ3n) is 7.26. The zero-order valence-corrected chi connectivity index (χ0v) is 23.0. The van der Waals surface area contributed by atoms with Gasteiger partial charge in [0.1, 0.15) is 0 Å². The Bertz CT molecular complexity index is 1910. The molecule has 1 amide bonds. The van der Waals surface area contributed by atoms with Gasteiger partial charge in [0, 0.05) is 52.6 Å². The van der Waals surface area contributed by atoms with Crippen LogP contribution < -0.4 is 16.6 Å². The number of amides is 1. The van der Waals surface area contributed by atoms with Crippen LogP contribution in [0.4, 0.5) is 13.2 Å². The smallest absolute Gasteiger partial charge is 0.351 e. The minimum Gasteiger partial charge on any atom is -0.351 e. The molecule has 0 radical (unpaired) electrons. The molecular weight excluding hydrogens is 561 g/mol. The molecule has 0 saturated carbocycles. The molecule has 1 aliphatic heterocycles. The maximum absolute atomic E-state index is 14.5. The van der Waals surface area contributed by atoms with Crippen LogP contribution in [0.15, 0.2) is 95.3 Å². The molecule has 3 heterocycles. The molecule has 6 nitrogen and oxygen atoms in total. The SMILES string of the molecule is NCCNC(=O)c1ccc(-c2ccc(-n3c(=O)ccc4cnc5ccc(C6CC=CS6)cc5c43)cc2C(F)(F)F)cc1. The first-order valence-corrected chi connectivity index (χ1v) is 14.2. The van der Waals surface area contributed by atoms with Crippen molar-refractivity contribution in [3.63, 3.8) is 0 Å². The van der Waals surface area contributed by atoms with Gasteiger partial charge in [0.25, 0.3) is 11.5 Å². The minimum atomic E-state index is -4.71. The number of carbonyl (C=O) groups excluding carboxylic acids is 1. The molecule has 6 rings (SSSR count). The molecular formula is C32H25F3N4O2S. The number of alkyl halides is 3. The summed E-state index contributed by atoms with van der Waals surface area (Å²) in [4.78, 5) is 30.1. The summed E-state index contributed by atoms with van der Waals surface area (Å²) in [6.07, 6.45) is -0.109. The number of nitrogens with zero attached hydrogens (tertiary/aromatic N) is 2. The van der Waals surface area contributed by atoms with Crippen molar-refractivity contribution < 1.29 is 18.0 Å². The van der Waals surface area contributed by atoms with E-state index >= 15 is 0 Å². The van der Waals surface area contributed by atoms with Gasteiger partial charge in [0.15, 0.2) is 0 Å². The van der Waals surface area contributed by atoms with Gasteiger partial charge in [-0.1, -0.05) is 30.3 Å². The molecule has 10 heteroatoms. The molecule has 2 aromatic heterocycles.